The average Bonchev–Trinajstić information content (AvgIpc) is 2.63. The first-order valence-corrected chi connectivity index (χ1v) is 8.28. The second-order valence-electron chi connectivity index (χ2n) is 6.29. The minimum Gasteiger partial charge on any atom is -0.506 e. The Morgan fingerprint density at radius 3 is 2.72 bits per heavy atom. The maximum atomic E-state index is 9.98. The normalized spacial score (nSPS) is 11.6. The second-order valence-corrected chi connectivity index (χ2v) is 6.29. The van der Waals surface area contributed by atoms with Gasteiger partial charge < -0.3 is 5.11 Å². The van der Waals surface area contributed by atoms with E-state index in [1.165, 1.54) is 16.5 Å². The summed E-state index contributed by atoms with van der Waals surface area (Å²) in [5, 5.41) is 12.1. The van der Waals surface area contributed by atoms with Crippen molar-refractivity contribution < 1.29 is 9.67 Å². The van der Waals surface area contributed by atoms with Crippen LogP contribution in [0.3, 0.4) is 0 Å². The summed E-state index contributed by atoms with van der Waals surface area (Å²) in [4.78, 5) is 4.28. The average molecular weight is 327 g/mol. The van der Waals surface area contributed by atoms with Gasteiger partial charge in [-0.15, -0.1) is 0 Å². The predicted molar refractivity (Wildman–Crippen MR) is 102 cm³/mol. The van der Waals surface area contributed by atoms with E-state index in [4.69, 9.17) is 0 Å². The van der Waals surface area contributed by atoms with E-state index in [1.54, 1.807) is 12.3 Å². The van der Waals surface area contributed by atoms with Gasteiger partial charge in [0.1, 0.15) is 18.3 Å². The lowest BCUT2D eigenvalue weighted by molar-refractivity contribution is -0.646. The summed E-state index contributed by atoms with van der Waals surface area (Å²) in [5.41, 5.74) is 5.23. The van der Waals surface area contributed by atoms with Crippen molar-refractivity contribution in [2.75, 3.05) is 0 Å². The standard InChI is InChI=1S/C22H18N2O/c1-15-5-6-17-8-11-18(24(2)20(17)14-15)10-7-16-9-12-21(25)22-19(16)4-3-13-23-22/h3-14H,1-2H3/p+1. The lowest BCUT2D eigenvalue weighted by Crippen LogP contribution is -2.32. The fraction of sp³-hybridized carbons (Fsp3) is 0.0909. The number of nitrogens with zero attached hydrogens (tertiary/aromatic N) is 2. The highest BCUT2D eigenvalue weighted by molar-refractivity contribution is 5.93. The predicted octanol–water partition coefficient (Wildman–Crippen LogP) is 4.40. The first kappa shape index (κ1) is 15.3. The van der Waals surface area contributed by atoms with Crippen molar-refractivity contribution in [3.05, 3.63) is 77.6 Å². The number of rotatable bonds is 2. The summed E-state index contributed by atoms with van der Waals surface area (Å²) in [6, 6.07) is 18.2. The van der Waals surface area contributed by atoms with Crippen molar-refractivity contribution in [1.82, 2.24) is 4.98 Å². The number of hydrogen-bond acceptors (Lipinski definition) is 2. The van der Waals surface area contributed by atoms with Crippen LogP contribution in [-0.2, 0) is 7.05 Å². The highest BCUT2D eigenvalue weighted by atomic mass is 16.3. The third-order valence-corrected chi connectivity index (χ3v) is 4.58. The van der Waals surface area contributed by atoms with E-state index < -0.39 is 0 Å². The second kappa shape index (κ2) is 6.02. The van der Waals surface area contributed by atoms with E-state index in [0.29, 0.717) is 5.52 Å². The summed E-state index contributed by atoms with van der Waals surface area (Å²) in [5.74, 6) is 0.208. The van der Waals surface area contributed by atoms with Gasteiger partial charge in [0.15, 0.2) is 0 Å². The minimum atomic E-state index is 0.208. The zero-order chi connectivity index (χ0) is 17.4. The van der Waals surface area contributed by atoms with Gasteiger partial charge in [0.2, 0.25) is 11.2 Å². The van der Waals surface area contributed by atoms with Gasteiger partial charge in [-0.3, -0.25) is 4.98 Å². The number of phenolic OH excluding ortho intramolecular Hbond substituents is 1. The van der Waals surface area contributed by atoms with Crippen LogP contribution in [0.4, 0.5) is 0 Å². The molecule has 4 aromatic rings. The fourth-order valence-electron chi connectivity index (χ4n) is 3.18. The highest BCUT2D eigenvalue weighted by Gasteiger charge is 2.10. The third-order valence-electron chi connectivity index (χ3n) is 4.58. The molecular formula is C22H19N2O+. The largest absolute Gasteiger partial charge is 0.506 e. The number of phenols is 1. The Balaban J connectivity index is 1.82. The minimum absolute atomic E-state index is 0.208. The Hall–Kier alpha value is -3.20. The smallest absolute Gasteiger partial charge is 0.212 e. The van der Waals surface area contributed by atoms with E-state index in [1.807, 2.05) is 18.2 Å². The molecule has 4 rings (SSSR count). The zero-order valence-corrected chi connectivity index (χ0v) is 14.3. The molecule has 2 aromatic carbocycles. The molecular weight excluding hydrogens is 308 g/mol. The first-order chi connectivity index (χ1) is 12.1. The summed E-state index contributed by atoms with van der Waals surface area (Å²) in [6.07, 6.45) is 5.86. The van der Waals surface area contributed by atoms with Gasteiger partial charge in [0, 0.05) is 35.2 Å². The molecule has 0 unspecified atom stereocenters. The molecule has 0 aliphatic rings. The van der Waals surface area contributed by atoms with Crippen LogP contribution in [0.1, 0.15) is 16.8 Å². The monoisotopic (exact) mass is 327 g/mol. The van der Waals surface area contributed by atoms with Gasteiger partial charge in [0.25, 0.3) is 0 Å². The Bertz CT molecular complexity index is 1130. The molecule has 0 radical (unpaired) electrons. The molecule has 0 fully saturated rings. The Labute approximate surface area is 146 Å². The third kappa shape index (κ3) is 2.74. The van der Waals surface area contributed by atoms with Crippen molar-refractivity contribution in [1.29, 1.82) is 0 Å². The van der Waals surface area contributed by atoms with Crippen LogP contribution in [0.5, 0.6) is 5.75 Å². The molecule has 3 heteroatoms. The van der Waals surface area contributed by atoms with Crippen molar-refractivity contribution >= 4 is 34.0 Å². The maximum absolute atomic E-state index is 9.98. The van der Waals surface area contributed by atoms with E-state index >= 15 is 0 Å². The van der Waals surface area contributed by atoms with E-state index in [2.05, 4.69) is 66.0 Å². The molecule has 0 aliphatic carbocycles. The molecule has 3 nitrogen and oxygen atoms in total. The molecule has 0 amide bonds. The van der Waals surface area contributed by atoms with Gasteiger partial charge in [-0.25, -0.2) is 0 Å². The Morgan fingerprint density at radius 1 is 1.00 bits per heavy atom. The number of hydrogen-bond donors (Lipinski definition) is 1. The van der Waals surface area contributed by atoms with E-state index in [-0.39, 0.29) is 5.75 Å². The number of fused-ring (bicyclic) bond motifs is 2. The van der Waals surface area contributed by atoms with Crippen LogP contribution in [0.2, 0.25) is 0 Å². The van der Waals surface area contributed by atoms with Crippen molar-refractivity contribution in [2.45, 2.75) is 6.92 Å². The van der Waals surface area contributed by atoms with Crippen LogP contribution in [-0.4, -0.2) is 10.1 Å². The van der Waals surface area contributed by atoms with Gasteiger partial charge in [0.05, 0.1) is 0 Å². The quantitative estimate of drug-likeness (QED) is 0.554. The van der Waals surface area contributed by atoms with Crippen molar-refractivity contribution in [3.8, 4) is 5.75 Å². The van der Waals surface area contributed by atoms with Gasteiger partial charge >= 0.3 is 0 Å². The lowest BCUT2D eigenvalue weighted by atomic mass is 10.1. The maximum Gasteiger partial charge on any atom is 0.212 e. The number of benzene rings is 2. The molecule has 0 bridgehead atoms. The molecule has 25 heavy (non-hydrogen) atoms. The van der Waals surface area contributed by atoms with Gasteiger partial charge in [-0.1, -0.05) is 18.2 Å². The van der Waals surface area contributed by atoms with Crippen LogP contribution in [0.15, 0.2) is 60.8 Å². The number of aromatic nitrogens is 2. The lowest BCUT2D eigenvalue weighted by Gasteiger charge is -2.04. The zero-order valence-electron chi connectivity index (χ0n) is 14.3. The molecule has 1 N–H and O–H groups in total. The van der Waals surface area contributed by atoms with E-state index in [0.717, 1.165) is 16.6 Å². The number of aromatic hydroxyl groups is 1. The van der Waals surface area contributed by atoms with Gasteiger partial charge in [-0.2, -0.15) is 4.57 Å². The van der Waals surface area contributed by atoms with Crippen molar-refractivity contribution in [2.24, 2.45) is 7.05 Å². The summed E-state index contributed by atoms with van der Waals surface area (Å²) in [6.45, 7) is 2.11. The summed E-state index contributed by atoms with van der Waals surface area (Å²) < 4.78 is 2.19. The fourth-order valence-corrected chi connectivity index (χ4v) is 3.18. The molecule has 0 saturated carbocycles. The van der Waals surface area contributed by atoms with Crippen LogP contribution in [0.25, 0.3) is 34.0 Å². The van der Waals surface area contributed by atoms with Crippen LogP contribution in [0, 0.1) is 6.92 Å². The Morgan fingerprint density at radius 2 is 1.84 bits per heavy atom. The van der Waals surface area contributed by atoms with Crippen molar-refractivity contribution in [3.63, 3.8) is 0 Å². The van der Waals surface area contributed by atoms with Crippen LogP contribution < -0.4 is 4.57 Å². The first-order valence-electron chi connectivity index (χ1n) is 8.28. The summed E-state index contributed by atoms with van der Waals surface area (Å²) >= 11 is 0. The molecule has 2 heterocycles. The Kier molecular flexibility index (Phi) is 3.69. The van der Waals surface area contributed by atoms with Gasteiger partial charge in [-0.05, 0) is 48.4 Å². The molecule has 122 valence electrons. The topological polar surface area (TPSA) is 37.0 Å². The van der Waals surface area contributed by atoms with E-state index in [9.17, 15) is 5.11 Å². The van der Waals surface area contributed by atoms with Crippen LogP contribution >= 0.6 is 0 Å². The summed E-state index contributed by atoms with van der Waals surface area (Å²) in [7, 11) is 2.08. The number of aryl methyl sites for hydroxylation is 2. The number of pyridine rings is 2. The SMILES string of the molecule is Cc1ccc2ccc(/C=C/c3ccc(O)c4ncccc34)[n+](C)c2c1. The molecule has 0 aliphatic heterocycles. The molecule has 0 saturated heterocycles. The molecule has 0 atom stereocenters. The molecule has 2 aromatic heterocycles. The molecule has 0 spiro atoms. The highest BCUT2D eigenvalue weighted by Crippen LogP contribution is 2.26.